The first-order valence-corrected chi connectivity index (χ1v) is 8.01. The monoisotopic (exact) mass is 302 g/mol. The van der Waals surface area contributed by atoms with E-state index in [4.69, 9.17) is 10.3 Å². The number of hydrazine groups is 1. The molecule has 9 heteroatoms. The van der Waals surface area contributed by atoms with Crippen molar-refractivity contribution in [2.24, 2.45) is 5.84 Å². The molecule has 2 heterocycles. The molecule has 0 aliphatic carbocycles. The van der Waals surface area contributed by atoms with E-state index in [9.17, 15) is 13.2 Å². The molecule has 0 unspecified atom stereocenters. The van der Waals surface area contributed by atoms with Gasteiger partial charge in [0.15, 0.2) is 0 Å². The minimum absolute atomic E-state index is 0.400. The van der Waals surface area contributed by atoms with Gasteiger partial charge in [-0.25, -0.2) is 14.3 Å². The molecule has 0 radical (unpaired) electrons. The Balaban J connectivity index is 1.97. The molecule has 1 aliphatic rings. The highest BCUT2D eigenvalue weighted by Crippen LogP contribution is 2.15. The molecule has 8 nitrogen and oxygen atoms in total. The molecule has 0 spiro atoms. The average Bonchev–Trinajstić information content (AvgIpc) is 2.85. The zero-order valence-corrected chi connectivity index (χ0v) is 12.0. The first-order valence-electron chi connectivity index (χ1n) is 6.16. The lowest BCUT2D eigenvalue weighted by Crippen LogP contribution is -2.47. The molecule has 20 heavy (non-hydrogen) atoms. The van der Waals surface area contributed by atoms with Gasteiger partial charge < -0.3 is 4.42 Å². The lowest BCUT2D eigenvalue weighted by molar-refractivity contribution is 0.0948. The van der Waals surface area contributed by atoms with Gasteiger partial charge in [0.1, 0.15) is 5.76 Å². The van der Waals surface area contributed by atoms with Crippen LogP contribution in [0.1, 0.15) is 16.1 Å². The van der Waals surface area contributed by atoms with E-state index in [0.717, 1.165) is 0 Å². The highest BCUT2D eigenvalue weighted by molar-refractivity contribution is 7.88. The SMILES string of the molecule is CS(=O)(=O)N1CCN(Cc2occc2C(=O)NN)CC1. The van der Waals surface area contributed by atoms with Gasteiger partial charge in [-0.2, -0.15) is 4.31 Å². The molecule has 0 saturated carbocycles. The van der Waals surface area contributed by atoms with Gasteiger partial charge in [0.2, 0.25) is 10.0 Å². The topological polar surface area (TPSA) is 109 Å². The number of sulfonamides is 1. The fourth-order valence-electron chi connectivity index (χ4n) is 2.17. The van der Waals surface area contributed by atoms with Crippen molar-refractivity contribution >= 4 is 15.9 Å². The Hall–Kier alpha value is -1.42. The normalized spacial score (nSPS) is 18.1. The van der Waals surface area contributed by atoms with Gasteiger partial charge in [0.25, 0.3) is 5.91 Å². The Morgan fingerprint density at radius 3 is 2.60 bits per heavy atom. The summed E-state index contributed by atoms with van der Waals surface area (Å²) in [6.07, 6.45) is 2.64. The molecule has 1 aliphatic heterocycles. The van der Waals surface area contributed by atoms with Crippen molar-refractivity contribution in [1.82, 2.24) is 14.6 Å². The number of rotatable bonds is 4. The first-order chi connectivity index (χ1) is 9.41. The number of nitrogens with two attached hydrogens (primary N) is 1. The van der Waals surface area contributed by atoms with Crippen LogP contribution in [-0.2, 0) is 16.6 Å². The van der Waals surface area contributed by atoms with Crippen LogP contribution in [0.15, 0.2) is 16.7 Å². The van der Waals surface area contributed by atoms with Gasteiger partial charge in [-0.15, -0.1) is 0 Å². The number of nitrogen functional groups attached to an aromatic ring is 1. The maximum absolute atomic E-state index is 11.5. The quantitative estimate of drug-likeness (QED) is 0.418. The molecule has 1 saturated heterocycles. The predicted molar refractivity (Wildman–Crippen MR) is 72.1 cm³/mol. The number of carbonyl (C=O) groups excluding carboxylic acids is 1. The molecule has 1 aromatic rings. The molecule has 0 bridgehead atoms. The number of hydrogen-bond donors (Lipinski definition) is 2. The van der Waals surface area contributed by atoms with E-state index in [0.29, 0.717) is 44.0 Å². The molecule has 0 atom stereocenters. The number of carbonyl (C=O) groups is 1. The summed E-state index contributed by atoms with van der Waals surface area (Å²) in [5.74, 6) is 5.23. The fraction of sp³-hybridized carbons (Fsp3) is 0.545. The van der Waals surface area contributed by atoms with E-state index in [1.54, 1.807) is 6.07 Å². The van der Waals surface area contributed by atoms with Crippen LogP contribution in [0.25, 0.3) is 0 Å². The van der Waals surface area contributed by atoms with Gasteiger partial charge in [-0.05, 0) is 6.07 Å². The molecule has 1 amide bonds. The standard InChI is InChI=1S/C11H18N4O4S/c1-20(17,18)15-5-3-14(4-6-15)8-10-9(2-7-19-10)11(16)13-12/h2,7H,3-6,8,12H2,1H3,(H,13,16). The van der Waals surface area contributed by atoms with Crippen molar-refractivity contribution < 1.29 is 17.6 Å². The van der Waals surface area contributed by atoms with Crippen molar-refractivity contribution in [3.05, 3.63) is 23.7 Å². The average molecular weight is 302 g/mol. The van der Waals surface area contributed by atoms with Crippen LogP contribution in [0.5, 0.6) is 0 Å². The number of amides is 1. The Bertz CT molecular complexity index is 575. The van der Waals surface area contributed by atoms with Crippen LogP contribution in [0.3, 0.4) is 0 Å². The van der Waals surface area contributed by atoms with Crippen molar-refractivity contribution in [1.29, 1.82) is 0 Å². The van der Waals surface area contributed by atoms with Gasteiger partial charge >= 0.3 is 0 Å². The van der Waals surface area contributed by atoms with E-state index >= 15 is 0 Å². The number of nitrogens with zero attached hydrogens (tertiary/aromatic N) is 2. The van der Waals surface area contributed by atoms with Gasteiger partial charge in [-0.3, -0.25) is 15.1 Å². The second kappa shape index (κ2) is 5.92. The molecular formula is C11H18N4O4S. The van der Waals surface area contributed by atoms with E-state index in [2.05, 4.69) is 5.43 Å². The molecule has 1 fully saturated rings. The van der Waals surface area contributed by atoms with Crippen LogP contribution in [0, 0.1) is 0 Å². The number of hydrogen-bond acceptors (Lipinski definition) is 6. The maximum atomic E-state index is 11.5. The van der Waals surface area contributed by atoms with E-state index in [1.807, 2.05) is 4.90 Å². The van der Waals surface area contributed by atoms with E-state index < -0.39 is 15.9 Å². The van der Waals surface area contributed by atoms with Crippen molar-refractivity contribution in [3.63, 3.8) is 0 Å². The minimum atomic E-state index is -3.13. The molecule has 0 aromatic carbocycles. The second-order valence-corrected chi connectivity index (χ2v) is 6.65. The summed E-state index contributed by atoms with van der Waals surface area (Å²) >= 11 is 0. The largest absolute Gasteiger partial charge is 0.467 e. The molecule has 2 rings (SSSR count). The number of furan rings is 1. The summed E-state index contributed by atoms with van der Waals surface area (Å²) in [4.78, 5) is 13.6. The summed E-state index contributed by atoms with van der Waals surface area (Å²) < 4.78 is 29.6. The number of piperazine rings is 1. The summed E-state index contributed by atoms with van der Waals surface area (Å²) in [7, 11) is -3.13. The van der Waals surface area contributed by atoms with Gasteiger partial charge in [0.05, 0.1) is 24.6 Å². The lowest BCUT2D eigenvalue weighted by atomic mass is 10.2. The highest BCUT2D eigenvalue weighted by atomic mass is 32.2. The second-order valence-electron chi connectivity index (χ2n) is 4.67. The predicted octanol–water partition coefficient (Wildman–Crippen LogP) is -1.04. The first kappa shape index (κ1) is 15.0. The van der Waals surface area contributed by atoms with Crippen molar-refractivity contribution in [2.45, 2.75) is 6.54 Å². The third-order valence-electron chi connectivity index (χ3n) is 3.29. The molecule has 1 aromatic heterocycles. The van der Waals surface area contributed by atoms with Crippen LogP contribution in [-0.4, -0.2) is 56.0 Å². The van der Waals surface area contributed by atoms with Crippen LogP contribution in [0.4, 0.5) is 0 Å². The number of nitrogens with one attached hydrogen (secondary N) is 1. The highest BCUT2D eigenvalue weighted by Gasteiger charge is 2.25. The van der Waals surface area contributed by atoms with Crippen molar-refractivity contribution in [2.75, 3.05) is 32.4 Å². The zero-order valence-electron chi connectivity index (χ0n) is 11.2. The minimum Gasteiger partial charge on any atom is -0.467 e. The summed E-state index contributed by atoms with van der Waals surface area (Å²) in [6, 6.07) is 1.56. The van der Waals surface area contributed by atoms with Gasteiger partial charge in [0, 0.05) is 26.2 Å². The maximum Gasteiger partial charge on any atom is 0.268 e. The summed E-state index contributed by atoms with van der Waals surface area (Å²) in [5.41, 5.74) is 2.47. The Morgan fingerprint density at radius 1 is 1.40 bits per heavy atom. The van der Waals surface area contributed by atoms with Crippen LogP contribution < -0.4 is 11.3 Å². The zero-order chi connectivity index (χ0) is 14.8. The van der Waals surface area contributed by atoms with Crippen molar-refractivity contribution in [3.8, 4) is 0 Å². The summed E-state index contributed by atoms with van der Waals surface area (Å²) in [6.45, 7) is 2.53. The lowest BCUT2D eigenvalue weighted by Gasteiger charge is -2.32. The van der Waals surface area contributed by atoms with Crippen LogP contribution >= 0.6 is 0 Å². The fourth-order valence-corrected chi connectivity index (χ4v) is 2.99. The van der Waals surface area contributed by atoms with E-state index in [-0.39, 0.29) is 0 Å². The Kier molecular flexibility index (Phi) is 4.43. The Labute approximate surface area is 117 Å². The van der Waals surface area contributed by atoms with E-state index in [1.165, 1.54) is 16.8 Å². The van der Waals surface area contributed by atoms with Crippen LogP contribution in [0.2, 0.25) is 0 Å². The third-order valence-corrected chi connectivity index (χ3v) is 4.59. The third kappa shape index (κ3) is 3.37. The smallest absolute Gasteiger partial charge is 0.268 e. The molecular weight excluding hydrogens is 284 g/mol. The Morgan fingerprint density at radius 2 is 2.05 bits per heavy atom. The summed E-state index contributed by atoms with van der Waals surface area (Å²) in [5, 5.41) is 0. The molecule has 112 valence electrons. The van der Waals surface area contributed by atoms with Gasteiger partial charge in [-0.1, -0.05) is 0 Å². The molecule has 3 N–H and O–H groups in total.